The van der Waals surface area contributed by atoms with Gasteiger partial charge in [0.1, 0.15) is 18.1 Å². The minimum atomic E-state index is -0.588. The Bertz CT molecular complexity index is 1540. The quantitative estimate of drug-likeness (QED) is 0.373. The first-order valence-corrected chi connectivity index (χ1v) is 12.8. The van der Waals surface area contributed by atoms with Crippen molar-refractivity contribution < 1.29 is 9.53 Å². The van der Waals surface area contributed by atoms with E-state index in [0.717, 1.165) is 35.7 Å². The lowest BCUT2D eigenvalue weighted by Gasteiger charge is -2.39. The third-order valence-electron chi connectivity index (χ3n) is 7.24. The van der Waals surface area contributed by atoms with Gasteiger partial charge < -0.3 is 20.7 Å². The molecular formula is C28H32N6O4. The van der Waals surface area contributed by atoms with Gasteiger partial charge in [-0.2, -0.15) is 0 Å². The summed E-state index contributed by atoms with van der Waals surface area (Å²) in [5, 5.41) is 5.32. The van der Waals surface area contributed by atoms with Crippen molar-refractivity contribution in [2.24, 2.45) is 5.73 Å². The first-order chi connectivity index (χ1) is 18.4. The van der Waals surface area contributed by atoms with E-state index in [4.69, 9.17) is 10.5 Å². The zero-order chi connectivity index (χ0) is 26.8. The first-order valence-electron chi connectivity index (χ1n) is 12.8. The molecule has 0 saturated carbocycles. The molecule has 2 aliphatic rings. The van der Waals surface area contributed by atoms with Crippen molar-refractivity contribution in [1.82, 2.24) is 14.0 Å². The highest BCUT2D eigenvalue weighted by Gasteiger charge is 2.39. The van der Waals surface area contributed by atoms with Crippen LogP contribution in [0.5, 0.6) is 0 Å². The molecule has 0 aliphatic carbocycles. The van der Waals surface area contributed by atoms with Crippen LogP contribution in [0.1, 0.15) is 25.3 Å². The molecule has 1 aromatic heterocycles. The zero-order valence-electron chi connectivity index (χ0n) is 21.6. The van der Waals surface area contributed by atoms with Crippen molar-refractivity contribution in [1.29, 1.82) is 0 Å². The van der Waals surface area contributed by atoms with Gasteiger partial charge in [-0.05, 0) is 36.1 Å². The van der Waals surface area contributed by atoms with Gasteiger partial charge in [-0.15, -0.1) is 5.92 Å². The fourth-order valence-electron chi connectivity index (χ4n) is 5.37. The predicted molar refractivity (Wildman–Crippen MR) is 147 cm³/mol. The summed E-state index contributed by atoms with van der Waals surface area (Å²) < 4.78 is 7.38. The van der Waals surface area contributed by atoms with E-state index >= 15 is 0 Å². The van der Waals surface area contributed by atoms with Gasteiger partial charge in [0.05, 0.1) is 20.2 Å². The number of fused-ring (bicyclic) bond motifs is 2. The molecule has 0 amide bonds. The highest BCUT2D eigenvalue weighted by atomic mass is 16.5. The van der Waals surface area contributed by atoms with Crippen LogP contribution >= 0.6 is 0 Å². The van der Waals surface area contributed by atoms with E-state index in [1.165, 1.54) is 16.2 Å². The van der Waals surface area contributed by atoms with Crippen molar-refractivity contribution in [3.05, 3.63) is 68.9 Å². The minimum Gasteiger partial charge on any atom is -0.468 e. The van der Waals surface area contributed by atoms with Crippen molar-refractivity contribution in [2.45, 2.75) is 45.2 Å². The second-order valence-electron chi connectivity index (χ2n) is 9.64. The summed E-state index contributed by atoms with van der Waals surface area (Å²) in [5.41, 5.74) is 6.38. The molecule has 10 nitrogen and oxygen atoms in total. The molecule has 2 aliphatic heterocycles. The van der Waals surface area contributed by atoms with E-state index in [9.17, 15) is 14.4 Å². The normalized spacial score (nSPS) is 19.0. The van der Waals surface area contributed by atoms with E-state index in [0.29, 0.717) is 18.1 Å². The van der Waals surface area contributed by atoms with E-state index < -0.39 is 23.5 Å². The maximum absolute atomic E-state index is 14.1. The molecule has 1 fully saturated rings. The number of esters is 1. The molecule has 0 bridgehead atoms. The van der Waals surface area contributed by atoms with E-state index in [1.54, 1.807) is 6.92 Å². The van der Waals surface area contributed by atoms with E-state index in [1.807, 2.05) is 47.4 Å². The summed E-state index contributed by atoms with van der Waals surface area (Å²) in [7, 11) is 1.27. The number of nitrogens with zero attached hydrogens (tertiary/aromatic N) is 4. The summed E-state index contributed by atoms with van der Waals surface area (Å²) >= 11 is 0. The number of methoxy groups -OCH3 is 1. The van der Waals surface area contributed by atoms with Crippen LogP contribution in [0.15, 0.2) is 52.1 Å². The van der Waals surface area contributed by atoms with Crippen LogP contribution in [-0.4, -0.2) is 59.1 Å². The first kappa shape index (κ1) is 25.6. The van der Waals surface area contributed by atoms with Gasteiger partial charge >= 0.3 is 11.7 Å². The molecule has 38 heavy (non-hydrogen) atoms. The molecular weight excluding hydrogens is 484 g/mol. The summed E-state index contributed by atoms with van der Waals surface area (Å²) in [6.45, 7) is 3.15. The third kappa shape index (κ3) is 4.66. The molecule has 2 atom stereocenters. The van der Waals surface area contributed by atoms with Crippen molar-refractivity contribution in [3.8, 4) is 11.8 Å². The van der Waals surface area contributed by atoms with Crippen molar-refractivity contribution in [3.63, 3.8) is 0 Å². The lowest BCUT2D eigenvalue weighted by molar-refractivity contribution is -0.141. The molecule has 3 aromatic rings. The van der Waals surface area contributed by atoms with Gasteiger partial charge in [-0.25, -0.2) is 4.79 Å². The van der Waals surface area contributed by atoms with Crippen LogP contribution in [-0.2, 0) is 22.6 Å². The number of likely N-dealkylation sites (tertiary alicyclic amines) is 1. The number of benzene rings is 2. The molecule has 0 spiro atoms. The monoisotopic (exact) mass is 516 g/mol. The highest BCUT2D eigenvalue weighted by Crippen LogP contribution is 2.33. The van der Waals surface area contributed by atoms with Gasteiger partial charge in [0.25, 0.3) is 5.56 Å². The largest absolute Gasteiger partial charge is 0.468 e. The molecule has 2 unspecified atom stereocenters. The fourth-order valence-corrected chi connectivity index (χ4v) is 5.37. The van der Waals surface area contributed by atoms with E-state index in [2.05, 4.69) is 22.1 Å². The molecule has 198 valence electrons. The second kappa shape index (κ2) is 10.7. The Morgan fingerprint density at radius 3 is 2.71 bits per heavy atom. The number of nitrogens with two attached hydrogens (primary N) is 1. The van der Waals surface area contributed by atoms with Crippen LogP contribution < -0.4 is 27.2 Å². The summed E-state index contributed by atoms with van der Waals surface area (Å²) in [6.07, 6.45) is 1.42. The number of carbonyl (C=O) groups is 1. The Labute approximate surface area is 220 Å². The maximum atomic E-state index is 14.1. The summed E-state index contributed by atoms with van der Waals surface area (Å²) in [4.78, 5) is 44.3. The second-order valence-corrected chi connectivity index (χ2v) is 9.64. The third-order valence-corrected chi connectivity index (χ3v) is 7.24. The smallest absolute Gasteiger partial charge is 0.333 e. The molecule has 5 rings (SSSR count). The molecule has 0 radical (unpaired) electrons. The number of ether oxygens (including phenoxy) is 1. The SMILES string of the molecule is CC#CCN1c2c(n(CC(=O)OC)c(=O)n(Cc3cccc4ccccc34)c2=O)NC1N1CCCC(N)C1. The van der Waals surface area contributed by atoms with Crippen molar-refractivity contribution in [2.75, 3.05) is 37.0 Å². The number of hydrogen-bond acceptors (Lipinski definition) is 8. The Morgan fingerprint density at radius 2 is 1.95 bits per heavy atom. The number of piperidine rings is 1. The van der Waals surface area contributed by atoms with Gasteiger partial charge in [0.2, 0.25) is 0 Å². The lowest BCUT2D eigenvalue weighted by Crippen LogP contribution is -2.56. The van der Waals surface area contributed by atoms with Crippen LogP contribution in [0.4, 0.5) is 11.5 Å². The van der Waals surface area contributed by atoms with Crippen LogP contribution in [0, 0.1) is 11.8 Å². The summed E-state index contributed by atoms with van der Waals surface area (Å²) in [5.74, 6) is 5.68. The number of nitrogens with one attached hydrogen (secondary N) is 1. The molecule has 3 heterocycles. The van der Waals surface area contributed by atoms with Crippen molar-refractivity contribution >= 4 is 28.2 Å². The Balaban J connectivity index is 1.67. The number of hydrogen-bond donors (Lipinski definition) is 2. The Kier molecular flexibility index (Phi) is 7.22. The topological polar surface area (TPSA) is 115 Å². The molecule has 2 aromatic carbocycles. The number of aromatic nitrogens is 2. The Morgan fingerprint density at radius 1 is 1.16 bits per heavy atom. The maximum Gasteiger partial charge on any atom is 0.333 e. The number of carbonyl (C=O) groups excluding carboxylic acids is 1. The average Bonchev–Trinajstić information content (AvgIpc) is 3.31. The molecule has 1 saturated heterocycles. The molecule has 3 N–H and O–H groups in total. The van der Waals surface area contributed by atoms with E-state index in [-0.39, 0.29) is 25.7 Å². The number of rotatable bonds is 6. The standard InChI is InChI=1S/C28H32N6O4/c1-3-4-15-32-24-25(30-27(32)31-14-8-12-21(29)17-31)33(18-23(35)38-2)28(37)34(26(24)36)16-20-11-7-10-19-9-5-6-13-22(19)20/h5-7,9-11,13,21,27,30H,8,12,14-18,29H2,1-2H3. The van der Waals surface area contributed by atoms with Gasteiger partial charge in [0.15, 0.2) is 6.29 Å². The van der Waals surface area contributed by atoms with Crippen LogP contribution in [0.25, 0.3) is 10.8 Å². The lowest BCUT2D eigenvalue weighted by atomic mass is 10.0. The fraction of sp³-hybridized carbons (Fsp3) is 0.393. The average molecular weight is 517 g/mol. The minimum absolute atomic E-state index is 0.00801. The van der Waals surface area contributed by atoms with Gasteiger partial charge in [0, 0.05) is 19.1 Å². The number of anilines is 2. The van der Waals surface area contributed by atoms with Crippen LogP contribution in [0.3, 0.4) is 0 Å². The zero-order valence-corrected chi connectivity index (χ0v) is 21.6. The van der Waals surface area contributed by atoms with Gasteiger partial charge in [-0.1, -0.05) is 48.4 Å². The van der Waals surface area contributed by atoms with Gasteiger partial charge in [-0.3, -0.25) is 23.6 Å². The Hall–Kier alpha value is -4.07. The molecule has 10 heteroatoms. The summed E-state index contributed by atoms with van der Waals surface area (Å²) in [6, 6.07) is 13.6. The predicted octanol–water partition coefficient (Wildman–Crippen LogP) is 1.35. The van der Waals surface area contributed by atoms with Crippen LogP contribution in [0.2, 0.25) is 0 Å². The highest BCUT2D eigenvalue weighted by molar-refractivity contribution is 5.85.